The van der Waals surface area contributed by atoms with Gasteiger partial charge in [-0.2, -0.15) is 0 Å². The van der Waals surface area contributed by atoms with E-state index < -0.39 is 73.6 Å². The highest BCUT2D eigenvalue weighted by Crippen LogP contribution is 2.65. The van der Waals surface area contributed by atoms with Crippen LogP contribution in [-0.2, 0) is 29.1 Å². The minimum absolute atomic E-state index is 0.0729. The molecule has 4 aliphatic rings. The number of fused-ring (bicyclic) bond motifs is 1. The van der Waals surface area contributed by atoms with E-state index in [0.717, 1.165) is 0 Å². The van der Waals surface area contributed by atoms with E-state index in [1.54, 1.807) is 20.8 Å². The van der Waals surface area contributed by atoms with Crippen LogP contribution in [0.4, 0.5) is 4.79 Å². The summed E-state index contributed by atoms with van der Waals surface area (Å²) in [6.45, 7) is 18.8. The molecule has 0 aromatic carbocycles. The Kier molecular flexibility index (Phi) is 7.17. The smallest absolute Gasteiger partial charge is 0.408 e. The number of hydrogen-bond donors (Lipinski definition) is 3. The van der Waals surface area contributed by atoms with Crippen LogP contribution in [0, 0.1) is 28.6 Å². The number of likely N-dealkylation sites (tertiary alicyclic amines) is 1. The lowest BCUT2D eigenvalue weighted by atomic mass is 9.85. The molecular weight excluding hydrogens is 536 g/mol. The Morgan fingerprint density at radius 3 is 2.15 bits per heavy atom. The minimum Gasteiger partial charge on any atom is -0.444 e. The van der Waals surface area contributed by atoms with E-state index in [4.69, 9.17) is 4.74 Å². The van der Waals surface area contributed by atoms with Crippen LogP contribution in [-0.4, -0.2) is 72.2 Å². The molecule has 1 heterocycles. The predicted octanol–water partition coefficient (Wildman–Crippen LogP) is 2.08. The van der Waals surface area contributed by atoms with Crippen LogP contribution in [0.5, 0.6) is 0 Å². The summed E-state index contributed by atoms with van der Waals surface area (Å²) in [6, 6.07) is -1.85. The van der Waals surface area contributed by atoms with Gasteiger partial charge in [-0.3, -0.25) is 19.1 Å². The lowest BCUT2D eigenvalue weighted by molar-refractivity contribution is -0.144. The van der Waals surface area contributed by atoms with Crippen molar-refractivity contribution < 1.29 is 32.3 Å². The number of ether oxygens (including phenoxy) is 1. The first-order valence-corrected chi connectivity index (χ1v) is 15.5. The van der Waals surface area contributed by atoms with Gasteiger partial charge < -0.3 is 20.3 Å². The Hall–Kier alpha value is -2.63. The Bertz CT molecular complexity index is 1230. The van der Waals surface area contributed by atoms with Crippen molar-refractivity contribution >= 4 is 33.8 Å². The van der Waals surface area contributed by atoms with Crippen LogP contribution in [0.25, 0.3) is 0 Å². The summed E-state index contributed by atoms with van der Waals surface area (Å²) in [4.78, 5) is 55.3. The van der Waals surface area contributed by atoms with Crippen molar-refractivity contribution in [3.05, 3.63) is 12.7 Å². The molecule has 3 saturated carbocycles. The largest absolute Gasteiger partial charge is 0.444 e. The summed E-state index contributed by atoms with van der Waals surface area (Å²) in [5.74, 6) is -2.21. The zero-order valence-corrected chi connectivity index (χ0v) is 25.6. The fourth-order valence-corrected chi connectivity index (χ4v) is 7.43. The van der Waals surface area contributed by atoms with Crippen molar-refractivity contribution in [3.8, 4) is 0 Å². The second-order valence-corrected chi connectivity index (χ2v) is 16.5. The van der Waals surface area contributed by atoms with Crippen LogP contribution in [0.1, 0.15) is 74.7 Å². The van der Waals surface area contributed by atoms with Crippen molar-refractivity contribution in [2.24, 2.45) is 28.6 Å². The topological polar surface area (TPSA) is 151 Å². The summed E-state index contributed by atoms with van der Waals surface area (Å²) in [6.07, 6.45) is 2.01. The van der Waals surface area contributed by atoms with E-state index in [2.05, 4.69) is 21.9 Å². The molecule has 3 N–H and O–H groups in total. The fourth-order valence-electron chi connectivity index (χ4n) is 6.06. The number of piperidine rings is 1. The number of rotatable bonds is 8. The molecule has 0 spiro atoms. The molecule has 0 radical (unpaired) electrons. The maximum Gasteiger partial charge on any atom is 0.408 e. The Labute approximate surface area is 237 Å². The van der Waals surface area contributed by atoms with E-state index in [0.29, 0.717) is 19.4 Å². The van der Waals surface area contributed by atoms with Crippen molar-refractivity contribution in [3.63, 3.8) is 0 Å². The SMILES string of the molecule is C=CC1CC1(NC(=O)[C@@H]1C2C(CN1C(=O)[C@@H](NC(=O)OC(C)(C)C)C(C)(C)C)C2(C)C)C(=O)NS(=O)(=O)C1CC1. The van der Waals surface area contributed by atoms with Crippen molar-refractivity contribution in [1.82, 2.24) is 20.3 Å². The van der Waals surface area contributed by atoms with Crippen molar-refractivity contribution in [1.29, 1.82) is 0 Å². The molecule has 4 fully saturated rings. The third-order valence-electron chi connectivity index (χ3n) is 8.78. The van der Waals surface area contributed by atoms with E-state index in [1.807, 2.05) is 34.6 Å². The summed E-state index contributed by atoms with van der Waals surface area (Å²) >= 11 is 0. The molecule has 0 bridgehead atoms. The average molecular weight is 581 g/mol. The van der Waals surface area contributed by atoms with Gasteiger partial charge >= 0.3 is 6.09 Å². The van der Waals surface area contributed by atoms with Crippen LogP contribution < -0.4 is 15.4 Å². The highest BCUT2D eigenvalue weighted by Gasteiger charge is 2.71. The third-order valence-corrected chi connectivity index (χ3v) is 10.6. The van der Waals surface area contributed by atoms with E-state index in [1.165, 1.54) is 11.0 Å². The number of nitrogens with zero attached hydrogens (tertiary/aromatic N) is 1. The molecule has 0 aromatic rings. The van der Waals surface area contributed by atoms with Gasteiger partial charge in [-0.25, -0.2) is 13.2 Å². The van der Waals surface area contributed by atoms with Gasteiger partial charge in [0.15, 0.2) is 0 Å². The van der Waals surface area contributed by atoms with Gasteiger partial charge in [-0.05, 0) is 62.7 Å². The number of amides is 4. The van der Waals surface area contributed by atoms with E-state index in [9.17, 15) is 27.6 Å². The Balaban J connectivity index is 1.57. The molecular formula is C28H44N4O7S. The molecule has 40 heavy (non-hydrogen) atoms. The summed E-state index contributed by atoms with van der Waals surface area (Å²) < 4.78 is 32.5. The van der Waals surface area contributed by atoms with Crippen molar-refractivity contribution in [2.45, 2.75) is 103 Å². The first-order chi connectivity index (χ1) is 18.2. The number of hydrogen-bond acceptors (Lipinski definition) is 7. The molecule has 1 aliphatic heterocycles. The Morgan fingerprint density at radius 2 is 1.68 bits per heavy atom. The normalized spacial score (nSPS) is 31.4. The van der Waals surface area contributed by atoms with Crippen LogP contribution in [0.15, 0.2) is 12.7 Å². The lowest BCUT2D eigenvalue weighted by Gasteiger charge is -2.38. The molecule has 3 aliphatic carbocycles. The number of nitrogens with one attached hydrogen (secondary N) is 3. The van der Waals surface area contributed by atoms with Crippen LogP contribution in [0.2, 0.25) is 0 Å². The second kappa shape index (κ2) is 9.46. The van der Waals surface area contributed by atoms with Gasteiger partial charge in [0.05, 0.1) is 5.25 Å². The molecule has 1 saturated heterocycles. The second-order valence-electron chi connectivity index (χ2n) is 14.5. The molecule has 4 rings (SSSR count). The van der Waals surface area contributed by atoms with Gasteiger partial charge in [0.2, 0.25) is 21.8 Å². The Morgan fingerprint density at radius 1 is 1.07 bits per heavy atom. The molecule has 4 amide bonds. The van der Waals surface area contributed by atoms with Gasteiger partial charge in [0.25, 0.3) is 5.91 Å². The summed E-state index contributed by atoms with van der Waals surface area (Å²) in [7, 11) is -3.82. The first-order valence-electron chi connectivity index (χ1n) is 14.0. The zero-order valence-electron chi connectivity index (χ0n) is 24.8. The number of alkyl carbamates (subject to hydrolysis) is 1. The molecule has 11 nitrogen and oxygen atoms in total. The number of sulfonamides is 1. The molecule has 6 atom stereocenters. The van der Waals surface area contributed by atoms with Crippen LogP contribution >= 0.6 is 0 Å². The van der Waals surface area contributed by atoms with Gasteiger partial charge in [0, 0.05) is 12.5 Å². The monoisotopic (exact) mass is 580 g/mol. The highest BCUT2D eigenvalue weighted by molar-refractivity contribution is 7.91. The predicted molar refractivity (Wildman–Crippen MR) is 148 cm³/mol. The third kappa shape index (κ3) is 5.60. The number of carbonyl (C=O) groups is 4. The highest BCUT2D eigenvalue weighted by atomic mass is 32.2. The summed E-state index contributed by atoms with van der Waals surface area (Å²) in [5.41, 5.74) is -3.09. The summed E-state index contributed by atoms with van der Waals surface area (Å²) in [5, 5.41) is 4.95. The standard InChI is InChI=1S/C28H44N4O7S/c1-10-15-13-28(15,23(35)31-40(37,38)16-11-12-16)30-21(33)19-18-17(27(18,8)9)14-32(19)22(34)20(25(2,3)4)29-24(36)39-26(5,6)7/h10,15-20H,1,11-14H2,2-9H3,(H,29,36)(H,30,33)(H,31,35)/t15?,17?,18?,19-,20+,28?/m0/s1. The van der Waals surface area contributed by atoms with Gasteiger partial charge in [-0.1, -0.05) is 40.7 Å². The fraction of sp³-hybridized carbons (Fsp3) is 0.786. The molecule has 0 aromatic heterocycles. The molecule has 12 heteroatoms. The molecule has 4 unspecified atom stereocenters. The number of carbonyl (C=O) groups excluding carboxylic acids is 4. The minimum atomic E-state index is -3.82. The van der Waals surface area contributed by atoms with Gasteiger partial charge in [0.1, 0.15) is 23.2 Å². The maximum absolute atomic E-state index is 14.0. The lowest BCUT2D eigenvalue weighted by Crippen LogP contribution is -2.61. The van der Waals surface area contributed by atoms with Crippen molar-refractivity contribution in [2.75, 3.05) is 6.54 Å². The average Bonchev–Trinajstić information content (AvgIpc) is 3.73. The van der Waals surface area contributed by atoms with Crippen LogP contribution in [0.3, 0.4) is 0 Å². The quantitative estimate of drug-likeness (QED) is 0.372. The zero-order chi connectivity index (χ0) is 30.2. The first kappa shape index (κ1) is 30.3. The maximum atomic E-state index is 14.0. The van der Waals surface area contributed by atoms with E-state index in [-0.39, 0.29) is 23.7 Å². The van der Waals surface area contributed by atoms with E-state index >= 15 is 0 Å². The van der Waals surface area contributed by atoms with Gasteiger partial charge in [-0.15, -0.1) is 6.58 Å². The molecule has 224 valence electrons.